The topological polar surface area (TPSA) is 68.2 Å². The maximum atomic E-state index is 12.9. The van der Waals surface area contributed by atoms with E-state index in [4.69, 9.17) is 9.47 Å². The second kappa shape index (κ2) is 8.05. The van der Waals surface area contributed by atoms with Gasteiger partial charge in [-0.3, -0.25) is 9.69 Å². The fourth-order valence-electron chi connectivity index (χ4n) is 3.10. The molecule has 1 fully saturated rings. The van der Waals surface area contributed by atoms with Gasteiger partial charge in [0.15, 0.2) is 5.17 Å². The lowest BCUT2D eigenvalue weighted by molar-refractivity contribution is -0.141. The molecule has 2 aliphatic rings. The monoisotopic (exact) mass is 374 g/mol. The number of carbonyl (C=O) groups is 2. The number of amides is 1. The van der Waals surface area contributed by atoms with E-state index < -0.39 is 12.0 Å². The first-order valence-corrected chi connectivity index (χ1v) is 9.46. The van der Waals surface area contributed by atoms with Crippen molar-refractivity contribution in [3.63, 3.8) is 0 Å². The van der Waals surface area contributed by atoms with Gasteiger partial charge in [0.25, 0.3) is 0 Å². The Morgan fingerprint density at radius 1 is 1.27 bits per heavy atom. The lowest BCUT2D eigenvalue weighted by Gasteiger charge is -2.33. The Hall–Kier alpha value is -2.12. The predicted molar refractivity (Wildman–Crippen MR) is 101 cm³/mol. The van der Waals surface area contributed by atoms with E-state index in [1.807, 2.05) is 37.3 Å². The Balaban J connectivity index is 2.02. The molecule has 3 rings (SSSR count). The summed E-state index contributed by atoms with van der Waals surface area (Å²) >= 11 is 1.46. The first-order valence-electron chi connectivity index (χ1n) is 8.58. The van der Waals surface area contributed by atoms with Gasteiger partial charge in [-0.15, -0.1) is 0 Å². The Labute approximate surface area is 157 Å². The zero-order valence-corrected chi connectivity index (χ0v) is 15.9. The molecule has 1 amide bonds. The molecule has 0 saturated carbocycles. The quantitative estimate of drug-likeness (QED) is 0.566. The summed E-state index contributed by atoms with van der Waals surface area (Å²) in [6, 6.07) is 9.02. The van der Waals surface area contributed by atoms with Crippen LogP contribution in [0.25, 0.3) is 0 Å². The van der Waals surface area contributed by atoms with Crippen molar-refractivity contribution in [3.8, 4) is 0 Å². The first kappa shape index (κ1) is 18.7. The normalized spacial score (nSPS) is 22.3. The molecule has 26 heavy (non-hydrogen) atoms. The molecule has 0 N–H and O–H groups in total. The lowest BCUT2D eigenvalue weighted by atomic mass is 9.94. The van der Waals surface area contributed by atoms with Gasteiger partial charge in [0.1, 0.15) is 6.61 Å². The fraction of sp³-hybridized carbons (Fsp3) is 0.421. The number of esters is 1. The van der Waals surface area contributed by atoms with Crippen LogP contribution in [0.1, 0.15) is 31.9 Å². The van der Waals surface area contributed by atoms with E-state index in [-0.39, 0.29) is 17.8 Å². The number of nitrogens with zero attached hydrogens (tertiary/aromatic N) is 2. The number of rotatable bonds is 6. The van der Waals surface area contributed by atoms with Gasteiger partial charge in [0.2, 0.25) is 5.91 Å². The zero-order chi connectivity index (χ0) is 18.7. The van der Waals surface area contributed by atoms with Crippen LogP contribution in [-0.2, 0) is 19.1 Å². The van der Waals surface area contributed by atoms with Crippen molar-refractivity contribution >= 4 is 28.8 Å². The van der Waals surface area contributed by atoms with E-state index in [1.54, 1.807) is 18.9 Å². The maximum Gasteiger partial charge on any atom is 0.338 e. The van der Waals surface area contributed by atoms with Crippen molar-refractivity contribution in [1.29, 1.82) is 0 Å². The highest BCUT2D eigenvalue weighted by atomic mass is 32.2. The van der Waals surface area contributed by atoms with Crippen molar-refractivity contribution in [2.75, 3.05) is 20.3 Å². The molecule has 6 nitrogen and oxygen atoms in total. The van der Waals surface area contributed by atoms with Crippen molar-refractivity contribution < 1.29 is 19.1 Å². The van der Waals surface area contributed by atoms with Gasteiger partial charge >= 0.3 is 5.97 Å². The van der Waals surface area contributed by atoms with Crippen LogP contribution in [0.15, 0.2) is 46.6 Å². The van der Waals surface area contributed by atoms with Gasteiger partial charge in [-0.2, -0.15) is 0 Å². The molecule has 0 radical (unpaired) electrons. The van der Waals surface area contributed by atoms with E-state index in [9.17, 15) is 9.59 Å². The molecule has 0 bridgehead atoms. The summed E-state index contributed by atoms with van der Waals surface area (Å²) in [6.07, 6.45) is 0.715. The van der Waals surface area contributed by atoms with Crippen molar-refractivity contribution in [3.05, 3.63) is 47.2 Å². The van der Waals surface area contributed by atoms with E-state index in [1.165, 1.54) is 11.8 Å². The van der Waals surface area contributed by atoms with Gasteiger partial charge in [0.05, 0.1) is 29.2 Å². The van der Waals surface area contributed by atoms with E-state index in [0.717, 1.165) is 5.56 Å². The second-order valence-electron chi connectivity index (χ2n) is 6.06. The largest absolute Gasteiger partial charge is 0.460 e. The number of carbonyl (C=O) groups excluding carboxylic acids is 2. The molecule has 0 spiro atoms. The molecule has 1 aromatic carbocycles. The maximum absolute atomic E-state index is 12.9. The van der Waals surface area contributed by atoms with Crippen LogP contribution in [0, 0.1) is 0 Å². The summed E-state index contributed by atoms with van der Waals surface area (Å²) in [5, 5.41) is 0.485. The van der Waals surface area contributed by atoms with Gasteiger partial charge in [0, 0.05) is 7.11 Å². The fourth-order valence-corrected chi connectivity index (χ4v) is 4.23. The van der Waals surface area contributed by atoms with Gasteiger partial charge in [-0.1, -0.05) is 49.0 Å². The van der Waals surface area contributed by atoms with Crippen LogP contribution in [0.4, 0.5) is 0 Å². The number of methoxy groups -OCH3 is 1. The molecule has 7 heteroatoms. The standard InChI is InChI=1S/C19H22N2O4S/c1-4-14-17(22)21-16(13-8-6-5-7-9-13)15(12(2)20-19(21)26-14)18(23)25-11-10-24-3/h5-9,14,16H,4,10-11H2,1-3H3/t14-,16-/m1/s1. The molecule has 0 aromatic heterocycles. The average Bonchev–Trinajstić information content (AvgIpc) is 2.96. The molecule has 0 aliphatic carbocycles. The van der Waals surface area contributed by atoms with E-state index in [0.29, 0.717) is 29.5 Å². The number of fused-ring (bicyclic) bond motifs is 1. The van der Waals surface area contributed by atoms with Crippen LogP contribution in [0.3, 0.4) is 0 Å². The Morgan fingerprint density at radius 3 is 2.65 bits per heavy atom. The van der Waals surface area contributed by atoms with Gasteiger partial charge in [-0.05, 0) is 18.9 Å². The predicted octanol–water partition coefficient (Wildman–Crippen LogP) is 2.91. The third-order valence-electron chi connectivity index (χ3n) is 4.38. The number of allylic oxidation sites excluding steroid dienone is 1. The molecule has 2 aliphatic heterocycles. The van der Waals surface area contributed by atoms with Crippen LogP contribution >= 0.6 is 11.8 Å². The number of thioether (sulfide) groups is 1. The molecule has 0 unspecified atom stereocenters. The lowest BCUT2D eigenvalue weighted by Crippen LogP contribution is -2.40. The van der Waals surface area contributed by atoms with Crippen molar-refractivity contribution in [1.82, 2.24) is 4.90 Å². The minimum Gasteiger partial charge on any atom is -0.460 e. The third kappa shape index (κ3) is 3.41. The highest BCUT2D eigenvalue weighted by Gasteiger charge is 2.47. The second-order valence-corrected chi connectivity index (χ2v) is 7.23. The number of hydrogen-bond acceptors (Lipinski definition) is 6. The van der Waals surface area contributed by atoms with Gasteiger partial charge in [-0.25, -0.2) is 9.79 Å². The number of hydrogen-bond donors (Lipinski definition) is 0. The van der Waals surface area contributed by atoms with E-state index >= 15 is 0 Å². The number of aliphatic imine (C=N–C) groups is 1. The number of benzene rings is 1. The van der Waals surface area contributed by atoms with Crippen LogP contribution in [0.2, 0.25) is 0 Å². The summed E-state index contributed by atoms with van der Waals surface area (Å²) in [4.78, 5) is 31.9. The highest BCUT2D eigenvalue weighted by Crippen LogP contribution is 2.43. The Morgan fingerprint density at radius 2 is 2.00 bits per heavy atom. The summed E-state index contributed by atoms with van der Waals surface area (Å²) in [6.45, 7) is 4.24. The minimum atomic E-state index is -0.518. The van der Waals surface area contributed by atoms with Crippen molar-refractivity contribution in [2.45, 2.75) is 31.6 Å². The molecule has 138 valence electrons. The van der Waals surface area contributed by atoms with Crippen LogP contribution in [-0.4, -0.2) is 47.5 Å². The number of amidine groups is 1. The average molecular weight is 374 g/mol. The van der Waals surface area contributed by atoms with Crippen LogP contribution < -0.4 is 0 Å². The molecule has 1 saturated heterocycles. The molecule has 2 atom stereocenters. The summed E-state index contributed by atoms with van der Waals surface area (Å²) in [5.74, 6) is -0.478. The van der Waals surface area contributed by atoms with Crippen LogP contribution in [0.5, 0.6) is 0 Å². The summed E-state index contributed by atoms with van der Waals surface area (Å²) < 4.78 is 10.3. The Bertz CT molecular complexity index is 760. The van der Waals surface area contributed by atoms with E-state index in [2.05, 4.69) is 4.99 Å². The van der Waals surface area contributed by atoms with Crippen molar-refractivity contribution in [2.24, 2.45) is 4.99 Å². The smallest absolute Gasteiger partial charge is 0.338 e. The Kier molecular flexibility index (Phi) is 5.78. The number of ether oxygens (including phenoxy) is 2. The molecular formula is C19H22N2O4S. The molecule has 1 aromatic rings. The minimum absolute atomic E-state index is 0.0141. The first-order chi connectivity index (χ1) is 12.6. The SMILES string of the molecule is CC[C@H]1SC2=NC(C)=C(C(=O)OCCOC)[C@@H](c3ccccc3)N2C1=O. The zero-order valence-electron chi connectivity index (χ0n) is 15.1. The molecule has 2 heterocycles. The molecular weight excluding hydrogens is 352 g/mol. The summed E-state index contributed by atoms with van der Waals surface area (Å²) in [7, 11) is 1.55. The summed E-state index contributed by atoms with van der Waals surface area (Å²) in [5.41, 5.74) is 1.86. The highest BCUT2D eigenvalue weighted by molar-refractivity contribution is 8.15. The van der Waals surface area contributed by atoms with Gasteiger partial charge < -0.3 is 9.47 Å². The third-order valence-corrected chi connectivity index (χ3v) is 5.70.